The Kier molecular flexibility index (Phi) is 5.35. The predicted octanol–water partition coefficient (Wildman–Crippen LogP) is 5.20. The van der Waals surface area contributed by atoms with Crippen molar-refractivity contribution in [3.05, 3.63) is 80.9 Å². The number of aromatic nitrogens is 1. The fourth-order valence-electron chi connectivity index (χ4n) is 3.21. The molecule has 134 valence electrons. The number of carbonyl (C=O) groups is 1. The van der Waals surface area contributed by atoms with E-state index in [1.165, 1.54) is 7.11 Å². The second-order valence-electron chi connectivity index (χ2n) is 6.08. The molecule has 1 unspecified atom stereocenters. The number of benzene rings is 1. The van der Waals surface area contributed by atoms with Gasteiger partial charge in [-0.15, -0.1) is 0 Å². The molecular weight excluding hydrogens is 371 g/mol. The maximum Gasteiger partial charge on any atom is 0.340 e. The van der Waals surface area contributed by atoms with E-state index in [0.717, 1.165) is 22.5 Å². The summed E-state index contributed by atoms with van der Waals surface area (Å²) in [7, 11) is 1.36. The highest BCUT2D eigenvalue weighted by Gasteiger charge is 2.28. The molecule has 1 aromatic carbocycles. The summed E-state index contributed by atoms with van der Waals surface area (Å²) in [4.78, 5) is 16.7. The lowest BCUT2D eigenvalue weighted by Crippen LogP contribution is -2.21. The Hall–Kier alpha value is -2.30. The van der Waals surface area contributed by atoms with Crippen molar-refractivity contribution in [1.29, 1.82) is 0 Å². The van der Waals surface area contributed by atoms with Crippen LogP contribution in [0.2, 0.25) is 10.0 Å². The largest absolute Gasteiger partial charge is 0.465 e. The second kappa shape index (κ2) is 7.52. The Morgan fingerprint density at radius 2 is 1.88 bits per heavy atom. The molecule has 0 aliphatic carbocycles. The lowest BCUT2D eigenvalue weighted by atomic mass is 9.83. The van der Waals surface area contributed by atoms with Crippen molar-refractivity contribution >= 4 is 34.7 Å². The molecule has 0 spiro atoms. The predicted molar refractivity (Wildman–Crippen MR) is 104 cm³/mol. The molecule has 1 aromatic heterocycles. The number of dihydropyridines is 1. The van der Waals surface area contributed by atoms with Crippen molar-refractivity contribution in [2.75, 3.05) is 7.11 Å². The molecule has 0 saturated carbocycles. The summed E-state index contributed by atoms with van der Waals surface area (Å²) in [5, 5.41) is 4.44. The lowest BCUT2D eigenvalue weighted by molar-refractivity contribution is 0.0600. The molecule has 1 N–H and O–H groups in total. The van der Waals surface area contributed by atoms with Crippen molar-refractivity contribution in [2.45, 2.75) is 19.8 Å². The number of hydrogen-bond acceptors (Lipinski definition) is 4. The number of methoxy groups -OCH3 is 1. The van der Waals surface area contributed by atoms with E-state index in [4.69, 9.17) is 27.9 Å². The summed E-state index contributed by atoms with van der Waals surface area (Å²) in [6, 6.07) is 8.87. The van der Waals surface area contributed by atoms with Crippen LogP contribution in [-0.4, -0.2) is 18.1 Å². The number of hydrogen-bond donors (Lipinski definition) is 1. The number of ether oxygens (including phenoxy) is 1. The van der Waals surface area contributed by atoms with Gasteiger partial charge in [0.25, 0.3) is 0 Å². The van der Waals surface area contributed by atoms with Crippen LogP contribution in [0.5, 0.6) is 0 Å². The third kappa shape index (κ3) is 3.62. The van der Waals surface area contributed by atoms with E-state index >= 15 is 0 Å². The van der Waals surface area contributed by atoms with Crippen LogP contribution in [-0.2, 0) is 4.74 Å². The van der Waals surface area contributed by atoms with Gasteiger partial charge in [-0.05, 0) is 49.7 Å². The molecule has 4 nitrogen and oxygen atoms in total. The molecule has 1 aliphatic heterocycles. The van der Waals surface area contributed by atoms with Crippen LogP contribution in [0.3, 0.4) is 0 Å². The summed E-state index contributed by atoms with van der Waals surface area (Å²) in [5.74, 6) is -0.576. The van der Waals surface area contributed by atoms with Gasteiger partial charge in [0.1, 0.15) is 0 Å². The molecule has 2 heterocycles. The molecule has 0 bridgehead atoms. The topological polar surface area (TPSA) is 51.2 Å². The lowest BCUT2D eigenvalue weighted by Gasteiger charge is -2.28. The summed E-state index contributed by atoms with van der Waals surface area (Å²) < 4.78 is 4.92. The first kappa shape index (κ1) is 18.5. The van der Waals surface area contributed by atoms with E-state index < -0.39 is 5.97 Å². The van der Waals surface area contributed by atoms with E-state index in [1.807, 2.05) is 26.0 Å². The van der Waals surface area contributed by atoms with Gasteiger partial charge in [-0.3, -0.25) is 4.98 Å². The molecule has 0 radical (unpaired) electrons. The van der Waals surface area contributed by atoms with Gasteiger partial charge in [0.05, 0.1) is 18.4 Å². The minimum absolute atomic E-state index is 0.147. The number of esters is 1. The van der Waals surface area contributed by atoms with Crippen molar-refractivity contribution in [2.24, 2.45) is 0 Å². The molecule has 3 rings (SSSR count). The van der Waals surface area contributed by atoms with E-state index in [9.17, 15) is 4.79 Å². The number of halogens is 2. The highest BCUT2D eigenvalue weighted by molar-refractivity contribution is 6.34. The highest BCUT2D eigenvalue weighted by Crippen LogP contribution is 2.40. The fraction of sp³-hybridized carbons (Fsp3) is 0.200. The average Bonchev–Trinajstić information content (AvgIpc) is 2.59. The van der Waals surface area contributed by atoms with E-state index in [0.29, 0.717) is 21.3 Å². The number of allylic oxidation sites excluding steroid dienone is 4. The normalized spacial score (nSPS) is 16.8. The summed E-state index contributed by atoms with van der Waals surface area (Å²) >= 11 is 12.4. The minimum Gasteiger partial charge on any atom is -0.465 e. The van der Waals surface area contributed by atoms with Gasteiger partial charge < -0.3 is 10.1 Å². The Morgan fingerprint density at radius 3 is 2.54 bits per heavy atom. The average molecular weight is 389 g/mol. The molecule has 6 heteroatoms. The fourth-order valence-corrected chi connectivity index (χ4v) is 3.75. The second-order valence-corrected chi connectivity index (χ2v) is 6.96. The third-order valence-electron chi connectivity index (χ3n) is 4.23. The summed E-state index contributed by atoms with van der Waals surface area (Å²) in [6.45, 7) is 3.94. The molecule has 2 aromatic rings. The van der Waals surface area contributed by atoms with Crippen LogP contribution < -0.4 is 5.32 Å². The van der Waals surface area contributed by atoms with Crippen LogP contribution in [0.1, 0.15) is 41.4 Å². The van der Waals surface area contributed by atoms with Gasteiger partial charge in [-0.2, -0.15) is 0 Å². The van der Waals surface area contributed by atoms with E-state index in [1.54, 1.807) is 24.4 Å². The number of carbonyl (C=O) groups excluding carboxylic acids is 1. The Balaban J connectivity index is 2.21. The van der Waals surface area contributed by atoms with Crippen molar-refractivity contribution in [1.82, 2.24) is 10.3 Å². The highest BCUT2D eigenvalue weighted by atomic mass is 35.5. The van der Waals surface area contributed by atoms with E-state index in [2.05, 4.69) is 16.4 Å². The number of pyridine rings is 1. The molecular formula is C20H18Cl2N2O2. The number of rotatable bonds is 3. The van der Waals surface area contributed by atoms with Gasteiger partial charge in [-0.25, -0.2) is 4.79 Å². The smallest absolute Gasteiger partial charge is 0.340 e. The van der Waals surface area contributed by atoms with Gasteiger partial charge >= 0.3 is 5.97 Å². The van der Waals surface area contributed by atoms with Crippen LogP contribution in [0, 0.1) is 0 Å². The minimum atomic E-state index is -0.428. The molecule has 1 aliphatic rings. The molecule has 1 atom stereocenters. The Labute approximate surface area is 162 Å². The van der Waals surface area contributed by atoms with Gasteiger partial charge in [-0.1, -0.05) is 29.3 Å². The molecule has 0 amide bonds. The van der Waals surface area contributed by atoms with Crippen molar-refractivity contribution < 1.29 is 9.53 Å². The van der Waals surface area contributed by atoms with Gasteiger partial charge in [0.2, 0.25) is 0 Å². The monoisotopic (exact) mass is 388 g/mol. The number of nitrogens with one attached hydrogen (secondary N) is 1. The van der Waals surface area contributed by atoms with Crippen molar-refractivity contribution in [3.8, 4) is 0 Å². The first-order valence-corrected chi connectivity index (χ1v) is 8.82. The van der Waals surface area contributed by atoms with Crippen LogP contribution >= 0.6 is 23.2 Å². The molecule has 0 saturated heterocycles. The zero-order valence-electron chi connectivity index (χ0n) is 14.6. The quantitative estimate of drug-likeness (QED) is 0.734. The zero-order chi connectivity index (χ0) is 18.8. The first-order chi connectivity index (χ1) is 12.4. The van der Waals surface area contributed by atoms with Crippen LogP contribution in [0.4, 0.5) is 0 Å². The maximum atomic E-state index is 12.2. The summed E-state index contributed by atoms with van der Waals surface area (Å²) in [6.07, 6.45) is 3.73. The van der Waals surface area contributed by atoms with Crippen LogP contribution in [0.25, 0.3) is 5.57 Å². The SMILES string of the molecule is COC(=O)c1cccnc1C1=C(C)NC(C)=CC1c1cc(Cl)cc(Cl)c1. The standard InChI is InChI=1S/C20H18Cl2N2O2/c1-11-7-17(13-8-14(21)10-15(22)9-13)18(12(2)24-11)19-16(20(25)26-3)5-4-6-23-19/h4-10,17,24H,1-3H3. The molecule has 26 heavy (non-hydrogen) atoms. The Morgan fingerprint density at radius 1 is 1.19 bits per heavy atom. The van der Waals surface area contributed by atoms with E-state index in [-0.39, 0.29) is 5.92 Å². The summed E-state index contributed by atoms with van der Waals surface area (Å²) in [5.41, 5.74) is 4.72. The van der Waals surface area contributed by atoms with Gasteiger partial charge in [0, 0.05) is 39.1 Å². The number of nitrogens with zero attached hydrogens (tertiary/aromatic N) is 1. The first-order valence-electron chi connectivity index (χ1n) is 8.06. The zero-order valence-corrected chi connectivity index (χ0v) is 16.2. The Bertz CT molecular complexity index is 915. The van der Waals surface area contributed by atoms with Crippen LogP contribution in [0.15, 0.2) is 54.0 Å². The molecule has 0 fully saturated rings. The maximum absolute atomic E-state index is 12.2. The van der Waals surface area contributed by atoms with Gasteiger partial charge in [0.15, 0.2) is 0 Å². The van der Waals surface area contributed by atoms with Crippen molar-refractivity contribution in [3.63, 3.8) is 0 Å². The third-order valence-corrected chi connectivity index (χ3v) is 4.66.